The van der Waals surface area contributed by atoms with Crippen molar-refractivity contribution >= 4 is 26.5 Å². The van der Waals surface area contributed by atoms with E-state index in [9.17, 15) is 8.42 Å². The first-order valence-corrected chi connectivity index (χ1v) is 9.54. The zero-order valence-corrected chi connectivity index (χ0v) is 14.4. The van der Waals surface area contributed by atoms with Crippen LogP contribution in [0.5, 0.6) is 0 Å². The van der Waals surface area contributed by atoms with Gasteiger partial charge in [-0.15, -0.1) is 0 Å². The molecule has 6 heteroatoms. The topological polar surface area (TPSA) is 79.2 Å². The van der Waals surface area contributed by atoms with Gasteiger partial charge in [0.15, 0.2) is 0 Å². The Balaban J connectivity index is 1.97. The number of nitrogens with two attached hydrogens (primary N) is 1. The third kappa shape index (κ3) is 3.65. The summed E-state index contributed by atoms with van der Waals surface area (Å²) in [6.45, 7) is 3.91. The molecule has 1 atom stereocenters. The van der Waals surface area contributed by atoms with Gasteiger partial charge in [-0.3, -0.25) is 0 Å². The molecule has 1 aliphatic heterocycles. The molecule has 3 rings (SSSR count). The lowest BCUT2D eigenvalue weighted by molar-refractivity contribution is 0.370. The van der Waals surface area contributed by atoms with Crippen molar-refractivity contribution in [3.05, 3.63) is 41.6 Å². The average Bonchev–Trinajstić information content (AvgIpc) is 2.89. The smallest absolute Gasteiger partial charge is 0.209 e. The first kappa shape index (κ1) is 16.2. The number of nitrogens with one attached hydrogen (secondary N) is 1. The molecule has 1 aromatic heterocycles. The summed E-state index contributed by atoms with van der Waals surface area (Å²) < 4.78 is 22.7. The number of H-pyrrole nitrogens is 1. The lowest BCUT2D eigenvalue weighted by atomic mass is 9.96. The van der Waals surface area contributed by atoms with E-state index in [0.29, 0.717) is 0 Å². The van der Waals surface area contributed by atoms with Gasteiger partial charge in [0, 0.05) is 35.8 Å². The van der Waals surface area contributed by atoms with Gasteiger partial charge in [0.2, 0.25) is 10.0 Å². The Kier molecular flexibility index (Phi) is 4.31. The van der Waals surface area contributed by atoms with Crippen LogP contribution in [0.2, 0.25) is 0 Å². The number of fused-ring (bicyclic) bond motifs is 1. The molecule has 1 unspecified atom stereocenters. The third-order valence-electron chi connectivity index (χ3n) is 4.52. The lowest BCUT2D eigenvalue weighted by Crippen LogP contribution is -2.23. The number of aromatic amines is 1. The highest BCUT2D eigenvalue weighted by atomic mass is 32.2. The number of hydrogen-bond acceptors (Lipinski definition) is 3. The van der Waals surface area contributed by atoms with E-state index < -0.39 is 10.0 Å². The van der Waals surface area contributed by atoms with Crippen LogP contribution in [0.3, 0.4) is 0 Å². The monoisotopic (exact) mass is 333 g/mol. The van der Waals surface area contributed by atoms with Crippen molar-refractivity contribution < 1.29 is 8.42 Å². The Bertz CT molecular complexity index is 852. The zero-order valence-electron chi connectivity index (χ0n) is 13.5. The minimum absolute atomic E-state index is 0.0360. The third-order valence-corrected chi connectivity index (χ3v) is 5.48. The van der Waals surface area contributed by atoms with Gasteiger partial charge in [-0.25, -0.2) is 13.6 Å². The Hall–Kier alpha value is -1.63. The molecule has 23 heavy (non-hydrogen) atoms. The summed E-state index contributed by atoms with van der Waals surface area (Å²) in [7, 11) is -1.35. The molecule has 0 spiro atoms. The van der Waals surface area contributed by atoms with E-state index >= 15 is 0 Å². The molecule has 2 aromatic rings. The molecule has 1 aliphatic rings. The van der Waals surface area contributed by atoms with Crippen LogP contribution in [0.25, 0.3) is 16.5 Å². The molecule has 0 amide bonds. The van der Waals surface area contributed by atoms with Crippen LogP contribution in [0.1, 0.15) is 30.4 Å². The maximum atomic E-state index is 11.3. The van der Waals surface area contributed by atoms with E-state index in [1.165, 1.54) is 11.1 Å². The zero-order chi connectivity index (χ0) is 16.6. The SMILES string of the molecule is CC(CS(N)(=O)=O)c1ccc2[nH]cc(C3=CCN(C)CC3)c2c1. The van der Waals surface area contributed by atoms with Crippen LogP contribution >= 0.6 is 0 Å². The average molecular weight is 333 g/mol. The van der Waals surface area contributed by atoms with Gasteiger partial charge in [-0.2, -0.15) is 0 Å². The van der Waals surface area contributed by atoms with E-state index in [0.717, 1.165) is 36.0 Å². The number of hydrogen-bond donors (Lipinski definition) is 2. The van der Waals surface area contributed by atoms with Crippen molar-refractivity contribution in [1.29, 1.82) is 0 Å². The Labute approximate surface area is 137 Å². The molecule has 0 aliphatic carbocycles. The summed E-state index contributed by atoms with van der Waals surface area (Å²) in [6, 6.07) is 6.08. The van der Waals surface area contributed by atoms with Crippen molar-refractivity contribution in [3.63, 3.8) is 0 Å². The second kappa shape index (κ2) is 6.11. The molecule has 0 saturated heterocycles. The summed E-state index contributed by atoms with van der Waals surface area (Å²) in [5.41, 5.74) is 4.65. The molecule has 0 radical (unpaired) electrons. The fraction of sp³-hybridized carbons (Fsp3) is 0.412. The quantitative estimate of drug-likeness (QED) is 0.901. The van der Waals surface area contributed by atoms with Crippen LogP contribution in [0.4, 0.5) is 0 Å². The highest BCUT2D eigenvalue weighted by Crippen LogP contribution is 2.31. The number of benzene rings is 1. The van der Waals surface area contributed by atoms with Gasteiger partial charge in [0.05, 0.1) is 5.75 Å². The number of likely N-dealkylation sites (N-methyl/N-ethyl adjacent to an activating group) is 1. The summed E-state index contributed by atoms with van der Waals surface area (Å²) in [5, 5.41) is 6.33. The number of aromatic nitrogens is 1. The van der Waals surface area contributed by atoms with E-state index in [1.54, 1.807) is 0 Å². The highest BCUT2D eigenvalue weighted by molar-refractivity contribution is 7.89. The van der Waals surface area contributed by atoms with Gasteiger partial charge in [0.25, 0.3) is 0 Å². The molecule has 124 valence electrons. The normalized spacial score (nSPS) is 18.1. The van der Waals surface area contributed by atoms with Gasteiger partial charge >= 0.3 is 0 Å². The molecular formula is C17H23N3O2S. The van der Waals surface area contributed by atoms with Crippen molar-refractivity contribution in [2.24, 2.45) is 5.14 Å². The fourth-order valence-electron chi connectivity index (χ4n) is 3.17. The Morgan fingerprint density at radius 3 is 2.83 bits per heavy atom. The van der Waals surface area contributed by atoms with Crippen LogP contribution in [-0.4, -0.2) is 44.2 Å². The van der Waals surface area contributed by atoms with E-state index in [1.807, 2.05) is 19.1 Å². The highest BCUT2D eigenvalue weighted by Gasteiger charge is 2.17. The summed E-state index contributed by atoms with van der Waals surface area (Å²) in [6.07, 6.45) is 5.35. The lowest BCUT2D eigenvalue weighted by Gasteiger charge is -2.21. The Morgan fingerprint density at radius 2 is 2.17 bits per heavy atom. The number of rotatable bonds is 4. The molecule has 3 N–H and O–H groups in total. The summed E-state index contributed by atoms with van der Waals surface area (Å²) >= 11 is 0. The van der Waals surface area contributed by atoms with E-state index in [4.69, 9.17) is 5.14 Å². The predicted molar refractivity (Wildman–Crippen MR) is 94.8 cm³/mol. The maximum absolute atomic E-state index is 11.3. The number of sulfonamides is 1. The summed E-state index contributed by atoms with van der Waals surface area (Å²) in [5.74, 6) is -0.158. The van der Waals surface area contributed by atoms with E-state index in [2.05, 4.69) is 35.3 Å². The standard InChI is InChI=1S/C17H23N3O2S/c1-12(11-23(18,21)22)14-3-4-17-15(9-14)16(10-19-17)13-5-7-20(2)8-6-13/h3-5,9-10,12,19H,6-8,11H2,1-2H3,(H2,18,21,22). The van der Waals surface area contributed by atoms with Crippen LogP contribution in [-0.2, 0) is 10.0 Å². The van der Waals surface area contributed by atoms with Crippen LogP contribution in [0, 0.1) is 0 Å². The minimum atomic E-state index is -3.47. The largest absolute Gasteiger partial charge is 0.361 e. The molecule has 0 saturated carbocycles. The molecule has 5 nitrogen and oxygen atoms in total. The minimum Gasteiger partial charge on any atom is -0.361 e. The van der Waals surface area contributed by atoms with Gasteiger partial charge in [-0.05, 0) is 42.7 Å². The van der Waals surface area contributed by atoms with Crippen LogP contribution in [0.15, 0.2) is 30.5 Å². The number of primary sulfonamides is 1. The van der Waals surface area contributed by atoms with Crippen molar-refractivity contribution in [3.8, 4) is 0 Å². The van der Waals surface area contributed by atoms with Crippen LogP contribution < -0.4 is 5.14 Å². The molecular weight excluding hydrogens is 310 g/mol. The summed E-state index contributed by atoms with van der Waals surface area (Å²) in [4.78, 5) is 5.60. The Morgan fingerprint density at radius 1 is 1.39 bits per heavy atom. The number of nitrogens with zero attached hydrogens (tertiary/aromatic N) is 1. The second-order valence-electron chi connectivity index (χ2n) is 6.48. The van der Waals surface area contributed by atoms with Gasteiger partial charge in [-0.1, -0.05) is 19.1 Å². The molecule has 1 aromatic carbocycles. The van der Waals surface area contributed by atoms with E-state index in [-0.39, 0.29) is 11.7 Å². The first-order valence-electron chi connectivity index (χ1n) is 7.83. The van der Waals surface area contributed by atoms with Crippen molar-refractivity contribution in [2.45, 2.75) is 19.3 Å². The molecule has 0 bridgehead atoms. The van der Waals surface area contributed by atoms with Crippen molar-refractivity contribution in [2.75, 3.05) is 25.9 Å². The first-order chi connectivity index (χ1) is 10.8. The maximum Gasteiger partial charge on any atom is 0.209 e. The fourth-order valence-corrected chi connectivity index (χ4v) is 4.06. The predicted octanol–water partition coefficient (Wildman–Crippen LogP) is 2.28. The van der Waals surface area contributed by atoms with Gasteiger partial charge in [0.1, 0.15) is 0 Å². The molecule has 2 heterocycles. The van der Waals surface area contributed by atoms with Gasteiger partial charge < -0.3 is 9.88 Å². The van der Waals surface area contributed by atoms with Crippen molar-refractivity contribution in [1.82, 2.24) is 9.88 Å². The molecule has 0 fully saturated rings. The second-order valence-corrected chi connectivity index (χ2v) is 8.14.